The molecule has 0 unspecified atom stereocenters. The minimum atomic E-state index is -0.296. The molecule has 1 heterocycles. The number of phenols is 1. The lowest BCUT2D eigenvalue weighted by Crippen LogP contribution is -2.13. The van der Waals surface area contributed by atoms with Gasteiger partial charge in [0.2, 0.25) is 0 Å². The summed E-state index contributed by atoms with van der Waals surface area (Å²) in [4.78, 5) is 18.5. The molecule has 0 saturated carbocycles. The first-order valence-corrected chi connectivity index (χ1v) is 6.43. The van der Waals surface area contributed by atoms with E-state index in [1.165, 1.54) is 6.20 Å². The number of H-pyrrole nitrogens is 1. The zero-order valence-corrected chi connectivity index (χ0v) is 11.1. The smallest absolute Gasteiger partial charge is 0.291 e. The Labute approximate surface area is 121 Å². The monoisotopic (exact) mass is 279 g/mol. The van der Waals surface area contributed by atoms with E-state index < -0.39 is 0 Å². The van der Waals surface area contributed by atoms with Crippen LogP contribution in [-0.2, 0) is 0 Å². The Hall–Kier alpha value is -3.08. The van der Waals surface area contributed by atoms with E-state index in [1.807, 2.05) is 24.3 Å². The fraction of sp³-hybridized carbons (Fsp3) is 0. The van der Waals surface area contributed by atoms with Gasteiger partial charge in [-0.3, -0.25) is 4.79 Å². The van der Waals surface area contributed by atoms with Gasteiger partial charge in [0.15, 0.2) is 5.82 Å². The van der Waals surface area contributed by atoms with Crippen molar-refractivity contribution in [3.63, 3.8) is 0 Å². The van der Waals surface area contributed by atoms with Crippen molar-refractivity contribution in [2.75, 3.05) is 5.32 Å². The quantitative estimate of drug-likeness (QED) is 0.689. The maximum atomic E-state index is 11.8. The van der Waals surface area contributed by atoms with Crippen molar-refractivity contribution in [2.24, 2.45) is 0 Å². The molecule has 0 aliphatic rings. The second kappa shape index (κ2) is 5.50. The zero-order valence-electron chi connectivity index (χ0n) is 11.1. The van der Waals surface area contributed by atoms with Gasteiger partial charge in [-0.1, -0.05) is 30.3 Å². The van der Waals surface area contributed by atoms with E-state index in [9.17, 15) is 9.90 Å². The number of aromatic nitrogens is 2. The maximum Gasteiger partial charge on any atom is 0.291 e. The SMILES string of the molecule is O=C(Nc1ccc(-c2ccccc2O)cc1)c1ncc[nH]1. The van der Waals surface area contributed by atoms with Crippen LogP contribution in [0.5, 0.6) is 5.75 Å². The Kier molecular flexibility index (Phi) is 3.39. The molecule has 1 amide bonds. The number of para-hydroxylation sites is 1. The summed E-state index contributed by atoms with van der Waals surface area (Å²) in [6, 6.07) is 14.4. The molecule has 0 fully saturated rings. The molecule has 3 N–H and O–H groups in total. The summed E-state index contributed by atoms with van der Waals surface area (Å²) in [5.41, 5.74) is 2.29. The number of aromatic hydroxyl groups is 1. The fourth-order valence-corrected chi connectivity index (χ4v) is 2.03. The van der Waals surface area contributed by atoms with Gasteiger partial charge < -0.3 is 15.4 Å². The van der Waals surface area contributed by atoms with Gasteiger partial charge in [0, 0.05) is 23.6 Å². The van der Waals surface area contributed by atoms with Crippen molar-refractivity contribution in [1.29, 1.82) is 0 Å². The number of amides is 1. The molecule has 0 aliphatic heterocycles. The van der Waals surface area contributed by atoms with E-state index in [0.717, 1.165) is 11.1 Å². The third-order valence-electron chi connectivity index (χ3n) is 3.07. The molecule has 21 heavy (non-hydrogen) atoms. The largest absolute Gasteiger partial charge is 0.507 e. The summed E-state index contributed by atoms with van der Waals surface area (Å²) in [6.07, 6.45) is 3.12. The van der Waals surface area contributed by atoms with Crippen LogP contribution in [0, 0.1) is 0 Å². The third-order valence-corrected chi connectivity index (χ3v) is 3.07. The van der Waals surface area contributed by atoms with Crippen molar-refractivity contribution >= 4 is 11.6 Å². The summed E-state index contributed by atoms with van der Waals surface area (Å²) in [6.45, 7) is 0. The first kappa shape index (κ1) is 12.9. The van der Waals surface area contributed by atoms with Crippen molar-refractivity contribution in [3.05, 3.63) is 66.7 Å². The Morgan fingerprint density at radius 3 is 2.52 bits per heavy atom. The minimum absolute atomic E-state index is 0.227. The number of carbonyl (C=O) groups excluding carboxylic acids is 1. The van der Waals surface area contributed by atoms with Crippen molar-refractivity contribution in [1.82, 2.24) is 9.97 Å². The Balaban J connectivity index is 1.79. The summed E-state index contributed by atoms with van der Waals surface area (Å²) < 4.78 is 0. The summed E-state index contributed by atoms with van der Waals surface area (Å²) in [5.74, 6) is 0.194. The number of rotatable bonds is 3. The van der Waals surface area contributed by atoms with Crippen molar-refractivity contribution < 1.29 is 9.90 Å². The number of hydrogen-bond acceptors (Lipinski definition) is 3. The highest BCUT2D eigenvalue weighted by molar-refractivity contribution is 6.01. The molecule has 3 rings (SSSR count). The average molecular weight is 279 g/mol. The lowest BCUT2D eigenvalue weighted by atomic mass is 10.0. The first-order valence-electron chi connectivity index (χ1n) is 6.43. The number of nitrogens with zero attached hydrogens (tertiary/aromatic N) is 1. The number of imidazole rings is 1. The van der Waals surface area contributed by atoms with E-state index in [1.54, 1.807) is 30.5 Å². The van der Waals surface area contributed by atoms with E-state index in [-0.39, 0.29) is 17.5 Å². The van der Waals surface area contributed by atoms with Crippen LogP contribution in [0.3, 0.4) is 0 Å². The van der Waals surface area contributed by atoms with Gasteiger partial charge in [-0.15, -0.1) is 0 Å². The van der Waals surface area contributed by atoms with Gasteiger partial charge in [-0.2, -0.15) is 0 Å². The normalized spacial score (nSPS) is 10.3. The molecule has 3 aromatic rings. The molecule has 0 radical (unpaired) electrons. The first-order chi connectivity index (χ1) is 10.2. The number of nitrogens with one attached hydrogen (secondary N) is 2. The topological polar surface area (TPSA) is 78.0 Å². The van der Waals surface area contributed by atoms with E-state index in [2.05, 4.69) is 15.3 Å². The number of aromatic amines is 1. The number of anilines is 1. The van der Waals surface area contributed by atoms with Gasteiger partial charge >= 0.3 is 0 Å². The van der Waals surface area contributed by atoms with Crippen LogP contribution in [0.25, 0.3) is 11.1 Å². The van der Waals surface area contributed by atoms with E-state index in [0.29, 0.717) is 5.69 Å². The van der Waals surface area contributed by atoms with E-state index in [4.69, 9.17) is 0 Å². The molecule has 5 heteroatoms. The Morgan fingerprint density at radius 1 is 1.10 bits per heavy atom. The Bertz CT molecular complexity index is 749. The standard InChI is InChI=1S/C16H13N3O2/c20-14-4-2-1-3-13(14)11-5-7-12(8-6-11)19-16(21)15-17-9-10-18-15/h1-10,20H,(H,17,18)(H,19,21). The highest BCUT2D eigenvalue weighted by Crippen LogP contribution is 2.29. The van der Waals surface area contributed by atoms with Crippen molar-refractivity contribution in [2.45, 2.75) is 0 Å². The molecular formula is C16H13N3O2. The zero-order chi connectivity index (χ0) is 14.7. The highest BCUT2D eigenvalue weighted by atomic mass is 16.3. The lowest BCUT2D eigenvalue weighted by molar-refractivity contribution is 0.101. The molecule has 0 atom stereocenters. The number of carbonyl (C=O) groups is 1. The minimum Gasteiger partial charge on any atom is -0.507 e. The van der Waals surface area contributed by atoms with Gasteiger partial charge in [0.05, 0.1) is 0 Å². The molecule has 0 aliphatic carbocycles. The second-order valence-corrected chi connectivity index (χ2v) is 4.49. The molecule has 104 valence electrons. The second-order valence-electron chi connectivity index (χ2n) is 4.49. The van der Waals surface area contributed by atoms with Gasteiger partial charge in [0.25, 0.3) is 5.91 Å². The van der Waals surface area contributed by atoms with Gasteiger partial charge in [-0.05, 0) is 23.8 Å². The molecular weight excluding hydrogens is 266 g/mol. The molecule has 0 saturated heterocycles. The lowest BCUT2D eigenvalue weighted by Gasteiger charge is -2.07. The van der Waals surface area contributed by atoms with Crippen molar-refractivity contribution in [3.8, 4) is 16.9 Å². The van der Waals surface area contributed by atoms with E-state index >= 15 is 0 Å². The van der Waals surface area contributed by atoms with Gasteiger partial charge in [0.1, 0.15) is 5.75 Å². The molecule has 1 aromatic heterocycles. The fourth-order valence-electron chi connectivity index (χ4n) is 2.03. The number of benzene rings is 2. The molecule has 0 spiro atoms. The summed E-state index contributed by atoms with van der Waals surface area (Å²) in [5, 5.41) is 12.6. The predicted molar refractivity (Wildman–Crippen MR) is 80.1 cm³/mol. The van der Waals surface area contributed by atoms with Crippen LogP contribution < -0.4 is 5.32 Å². The van der Waals surface area contributed by atoms with Crippen LogP contribution in [0.15, 0.2) is 60.9 Å². The molecule has 5 nitrogen and oxygen atoms in total. The third kappa shape index (κ3) is 2.76. The molecule has 0 bridgehead atoms. The Morgan fingerprint density at radius 2 is 1.86 bits per heavy atom. The van der Waals surface area contributed by atoms with Crippen LogP contribution in [-0.4, -0.2) is 21.0 Å². The number of hydrogen-bond donors (Lipinski definition) is 3. The molecule has 2 aromatic carbocycles. The van der Waals surface area contributed by atoms with Crippen LogP contribution >= 0.6 is 0 Å². The average Bonchev–Trinajstić information content (AvgIpc) is 3.03. The summed E-state index contributed by atoms with van der Waals surface area (Å²) >= 11 is 0. The maximum absolute atomic E-state index is 11.8. The predicted octanol–water partition coefficient (Wildman–Crippen LogP) is 3.03. The van der Waals surface area contributed by atoms with Crippen LogP contribution in [0.2, 0.25) is 0 Å². The van der Waals surface area contributed by atoms with Gasteiger partial charge in [-0.25, -0.2) is 4.98 Å². The summed E-state index contributed by atoms with van der Waals surface area (Å²) in [7, 11) is 0. The van der Waals surface area contributed by atoms with Crippen LogP contribution in [0.1, 0.15) is 10.6 Å². The highest BCUT2D eigenvalue weighted by Gasteiger charge is 2.08. The number of phenolic OH excluding ortho intramolecular Hbond substituents is 1. The van der Waals surface area contributed by atoms with Crippen LogP contribution in [0.4, 0.5) is 5.69 Å².